The van der Waals surface area contributed by atoms with Crippen molar-refractivity contribution in [1.29, 1.82) is 0 Å². The Kier molecular flexibility index (Phi) is 2.84. The Morgan fingerprint density at radius 2 is 2.10 bits per heavy atom. The lowest BCUT2D eigenvalue weighted by molar-refractivity contribution is -0.234. The highest BCUT2D eigenvalue weighted by molar-refractivity contribution is 5.90. The largest absolute Gasteiger partial charge is 0.481 e. The van der Waals surface area contributed by atoms with Crippen LogP contribution in [0.25, 0.3) is 0 Å². The maximum Gasteiger partial charge on any atom is 0.333 e. The normalized spacial score (nSPS) is 48.4. The Labute approximate surface area is 124 Å². The van der Waals surface area contributed by atoms with Crippen LogP contribution in [-0.4, -0.2) is 29.9 Å². The monoisotopic (exact) mass is 294 g/mol. The summed E-state index contributed by atoms with van der Waals surface area (Å²) in [5.41, 5.74) is -0.148. The molecule has 0 aromatic heterocycles. The lowest BCUT2D eigenvalue weighted by atomic mass is 9.50. The Morgan fingerprint density at radius 1 is 1.43 bits per heavy atom. The van der Waals surface area contributed by atoms with Crippen molar-refractivity contribution in [3.63, 3.8) is 0 Å². The summed E-state index contributed by atoms with van der Waals surface area (Å²) in [7, 11) is 1.48. The van der Waals surface area contributed by atoms with Crippen LogP contribution in [-0.2, 0) is 19.1 Å². The van der Waals surface area contributed by atoms with E-state index in [0.29, 0.717) is 17.9 Å². The van der Waals surface area contributed by atoms with Crippen LogP contribution in [0.3, 0.4) is 0 Å². The van der Waals surface area contributed by atoms with Gasteiger partial charge in [-0.25, -0.2) is 4.79 Å². The second-order valence-corrected chi connectivity index (χ2v) is 7.20. The highest BCUT2D eigenvalue weighted by atomic mass is 16.7. The topological polar surface area (TPSA) is 72.8 Å². The summed E-state index contributed by atoms with van der Waals surface area (Å²) < 4.78 is 11.0. The molecule has 116 valence electrons. The van der Waals surface area contributed by atoms with Crippen molar-refractivity contribution in [2.24, 2.45) is 22.7 Å². The van der Waals surface area contributed by atoms with E-state index in [0.717, 1.165) is 12.8 Å². The van der Waals surface area contributed by atoms with Gasteiger partial charge in [0.1, 0.15) is 0 Å². The van der Waals surface area contributed by atoms with E-state index in [4.69, 9.17) is 9.47 Å². The number of esters is 1. The predicted octanol–water partition coefficient (Wildman–Crippen LogP) is 2.36. The second kappa shape index (κ2) is 4.09. The van der Waals surface area contributed by atoms with E-state index in [2.05, 4.69) is 13.8 Å². The first kappa shape index (κ1) is 14.6. The Bertz CT molecular complexity index is 553. The van der Waals surface area contributed by atoms with Crippen LogP contribution in [0.2, 0.25) is 0 Å². The van der Waals surface area contributed by atoms with Crippen molar-refractivity contribution in [3.05, 3.63) is 11.6 Å². The molecule has 0 aromatic carbocycles. The molecule has 5 atom stereocenters. The molecule has 0 saturated heterocycles. The molecule has 0 spiro atoms. The van der Waals surface area contributed by atoms with E-state index in [9.17, 15) is 14.7 Å². The molecule has 1 N–H and O–H groups in total. The standard InChI is InChI=1S/C16H22O5/c1-9-5-6-14(2)12(13(18)19)10-7-11(17)21-16(10,20-4)8-15(9,14)3/h7,9,12H,5-6,8H2,1-4H3,(H,18,19)/t9-,12+,14+,15+,16-/m1/s1. The van der Waals surface area contributed by atoms with Crippen LogP contribution in [0.5, 0.6) is 0 Å². The van der Waals surface area contributed by atoms with Gasteiger partial charge in [-0.15, -0.1) is 0 Å². The molecule has 1 aliphatic heterocycles. The fourth-order valence-corrected chi connectivity index (χ4v) is 4.93. The van der Waals surface area contributed by atoms with Gasteiger partial charge in [-0.1, -0.05) is 20.8 Å². The minimum atomic E-state index is -1.20. The van der Waals surface area contributed by atoms with E-state index < -0.39 is 23.6 Å². The number of hydrogen-bond donors (Lipinski definition) is 1. The summed E-state index contributed by atoms with van der Waals surface area (Å²) in [6, 6.07) is 0. The molecule has 0 bridgehead atoms. The highest BCUT2D eigenvalue weighted by Gasteiger charge is 2.70. The molecule has 2 aliphatic carbocycles. The molecule has 21 heavy (non-hydrogen) atoms. The zero-order chi connectivity index (χ0) is 15.6. The van der Waals surface area contributed by atoms with Crippen molar-refractivity contribution in [3.8, 4) is 0 Å². The molecule has 0 aromatic rings. The third kappa shape index (κ3) is 1.55. The predicted molar refractivity (Wildman–Crippen MR) is 74.3 cm³/mol. The van der Waals surface area contributed by atoms with Gasteiger partial charge in [-0.05, 0) is 29.6 Å². The first-order valence-corrected chi connectivity index (χ1v) is 7.43. The second-order valence-electron chi connectivity index (χ2n) is 7.20. The van der Waals surface area contributed by atoms with Crippen molar-refractivity contribution < 1.29 is 24.2 Å². The van der Waals surface area contributed by atoms with Gasteiger partial charge in [-0.2, -0.15) is 0 Å². The van der Waals surface area contributed by atoms with Crippen molar-refractivity contribution in [2.45, 2.75) is 45.8 Å². The zero-order valence-corrected chi connectivity index (χ0v) is 12.9. The van der Waals surface area contributed by atoms with Gasteiger partial charge in [0.15, 0.2) is 0 Å². The number of carboxylic acids is 1. The first-order chi connectivity index (χ1) is 9.70. The molecule has 3 aliphatic rings. The summed E-state index contributed by atoms with van der Waals surface area (Å²) in [6.45, 7) is 6.31. The van der Waals surface area contributed by atoms with Gasteiger partial charge in [-0.3, -0.25) is 4.79 Å². The van der Waals surface area contributed by atoms with Crippen molar-refractivity contribution in [1.82, 2.24) is 0 Å². The number of aliphatic carboxylic acids is 1. The summed E-state index contributed by atoms with van der Waals surface area (Å²) in [6.07, 6.45) is 3.68. The molecule has 1 heterocycles. The van der Waals surface area contributed by atoms with Gasteiger partial charge in [0.2, 0.25) is 5.79 Å². The number of carbonyl (C=O) groups is 2. The third-order valence-corrected chi connectivity index (χ3v) is 6.59. The molecular formula is C16H22O5. The van der Waals surface area contributed by atoms with Crippen LogP contribution >= 0.6 is 0 Å². The van der Waals surface area contributed by atoms with E-state index in [-0.39, 0.29) is 10.8 Å². The molecule has 5 heteroatoms. The van der Waals surface area contributed by atoms with E-state index >= 15 is 0 Å². The third-order valence-electron chi connectivity index (χ3n) is 6.59. The van der Waals surface area contributed by atoms with E-state index in [1.807, 2.05) is 6.92 Å². The van der Waals surface area contributed by atoms with Gasteiger partial charge in [0, 0.05) is 25.2 Å². The number of carbonyl (C=O) groups excluding carboxylic acids is 1. The fourth-order valence-electron chi connectivity index (χ4n) is 4.93. The maximum absolute atomic E-state index is 12.0. The van der Waals surface area contributed by atoms with Gasteiger partial charge < -0.3 is 14.6 Å². The smallest absolute Gasteiger partial charge is 0.333 e. The first-order valence-electron chi connectivity index (χ1n) is 7.43. The SMILES string of the molecule is CO[C@@]12C[C@@]3(C)[C@H](C)CC[C@@]3(C)[C@H](C(=O)O)C1=CC(=O)O2. The molecule has 0 amide bonds. The van der Waals surface area contributed by atoms with Crippen LogP contribution in [0, 0.1) is 22.7 Å². The zero-order valence-electron chi connectivity index (χ0n) is 12.9. The van der Waals surface area contributed by atoms with E-state index in [1.54, 1.807) is 0 Å². The number of methoxy groups -OCH3 is 1. The van der Waals surface area contributed by atoms with Crippen LogP contribution in [0.4, 0.5) is 0 Å². The molecule has 2 saturated carbocycles. The fraction of sp³-hybridized carbons (Fsp3) is 0.750. The maximum atomic E-state index is 12.0. The van der Waals surface area contributed by atoms with Crippen LogP contribution < -0.4 is 0 Å². The minimum Gasteiger partial charge on any atom is -0.481 e. The number of ether oxygens (including phenoxy) is 2. The van der Waals surface area contributed by atoms with E-state index in [1.165, 1.54) is 13.2 Å². The summed E-state index contributed by atoms with van der Waals surface area (Å²) >= 11 is 0. The summed E-state index contributed by atoms with van der Waals surface area (Å²) in [5, 5.41) is 9.83. The average Bonchev–Trinajstić information content (AvgIpc) is 2.82. The van der Waals surface area contributed by atoms with Crippen molar-refractivity contribution >= 4 is 11.9 Å². The lowest BCUT2D eigenvalue weighted by Crippen LogP contribution is -2.58. The molecule has 3 rings (SSSR count). The minimum absolute atomic E-state index is 0.242. The number of carboxylic acid groups (broad SMARTS) is 1. The molecule has 0 unspecified atom stereocenters. The van der Waals surface area contributed by atoms with Crippen molar-refractivity contribution in [2.75, 3.05) is 7.11 Å². The number of hydrogen-bond acceptors (Lipinski definition) is 4. The average molecular weight is 294 g/mol. The van der Waals surface area contributed by atoms with Gasteiger partial charge in [0.25, 0.3) is 0 Å². The summed E-state index contributed by atoms with van der Waals surface area (Å²) in [5.74, 6) is -2.99. The quantitative estimate of drug-likeness (QED) is 0.791. The molecule has 0 radical (unpaired) electrons. The van der Waals surface area contributed by atoms with Crippen LogP contribution in [0.1, 0.15) is 40.0 Å². The molecular weight excluding hydrogens is 272 g/mol. The number of fused-ring (bicyclic) bond motifs is 2. The Hall–Kier alpha value is -1.36. The number of rotatable bonds is 2. The van der Waals surface area contributed by atoms with Gasteiger partial charge in [0.05, 0.1) is 5.92 Å². The molecule has 5 nitrogen and oxygen atoms in total. The Morgan fingerprint density at radius 3 is 2.67 bits per heavy atom. The molecule has 2 fully saturated rings. The van der Waals surface area contributed by atoms with Gasteiger partial charge >= 0.3 is 11.9 Å². The summed E-state index contributed by atoms with van der Waals surface area (Å²) in [4.78, 5) is 23.8. The van der Waals surface area contributed by atoms with Crippen LogP contribution in [0.15, 0.2) is 11.6 Å². The highest BCUT2D eigenvalue weighted by Crippen LogP contribution is 2.69. The lowest BCUT2D eigenvalue weighted by Gasteiger charge is -2.56. The Balaban J connectivity index is 2.22.